The zero-order valence-electron chi connectivity index (χ0n) is 13.9. The lowest BCUT2D eigenvalue weighted by Gasteiger charge is -2.10. The van der Waals surface area contributed by atoms with E-state index in [4.69, 9.17) is 16.3 Å². The summed E-state index contributed by atoms with van der Waals surface area (Å²) in [6.45, 7) is 3.18. The highest BCUT2D eigenvalue weighted by Crippen LogP contribution is 2.22. The van der Waals surface area contributed by atoms with Gasteiger partial charge in [0.15, 0.2) is 6.61 Å². The number of anilines is 1. The first kappa shape index (κ1) is 19.1. The van der Waals surface area contributed by atoms with Crippen molar-refractivity contribution >= 4 is 40.0 Å². The van der Waals surface area contributed by atoms with Gasteiger partial charge in [-0.15, -0.1) is 0 Å². The van der Waals surface area contributed by atoms with Crippen molar-refractivity contribution < 1.29 is 18.5 Å². The largest absolute Gasteiger partial charge is 0.452 e. The predicted molar refractivity (Wildman–Crippen MR) is 98.5 cm³/mol. The maximum absolute atomic E-state index is 12.2. The average molecular weight is 380 g/mol. The first-order chi connectivity index (χ1) is 11.9. The zero-order valence-corrected chi connectivity index (χ0v) is 15.4. The van der Waals surface area contributed by atoms with Crippen LogP contribution in [0.2, 0.25) is 5.02 Å². The lowest BCUT2D eigenvalue weighted by atomic mass is 10.2. The summed E-state index contributed by atoms with van der Waals surface area (Å²) < 4.78 is 17.0. The number of carbonyl (C=O) groups excluding carboxylic acids is 2. The number of hydrogen-bond acceptors (Lipinski definition) is 4. The molecule has 0 saturated carbocycles. The van der Waals surface area contributed by atoms with Crippen LogP contribution in [0.3, 0.4) is 0 Å². The van der Waals surface area contributed by atoms with Gasteiger partial charge in [0.2, 0.25) is 0 Å². The molecule has 5 nitrogen and oxygen atoms in total. The van der Waals surface area contributed by atoms with Crippen molar-refractivity contribution in [3.8, 4) is 0 Å². The second-order valence-corrected chi connectivity index (χ2v) is 7.35. The van der Waals surface area contributed by atoms with Gasteiger partial charge in [-0.05, 0) is 36.8 Å². The lowest BCUT2D eigenvalue weighted by molar-refractivity contribution is -0.119. The minimum Gasteiger partial charge on any atom is -0.452 e. The van der Waals surface area contributed by atoms with Gasteiger partial charge in [0.25, 0.3) is 5.91 Å². The molecule has 2 rings (SSSR count). The highest BCUT2D eigenvalue weighted by molar-refractivity contribution is 7.85. The van der Waals surface area contributed by atoms with Crippen LogP contribution in [0.4, 0.5) is 5.69 Å². The van der Waals surface area contributed by atoms with E-state index in [2.05, 4.69) is 5.32 Å². The summed E-state index contributed by atoms with van der Waals surface area (Å²) in [5.74, 6) is -0.813. The molecule has 1 amide bonds. The minimum atomic E-state index is -1.29. The van der Waals surface area contributed by atoms with Gasteiger partial charge in [-0.3, -0.25) is 9.00 Å². The van der Waals surface area contributed by atoms with Crippen molar-refractivity contribution in [1.29, 1.82) is 0 Å². The van der Waals surface area contributed by atoms with Crippen LogP contribution in [0.5, 0.6) is 0 Å². The predicted octanol–water partition coefficient (Wildman–Crippen LogP) is 3.57. The molecule has 0 aliphatic rings. The van der Waals surface area contributed by atoms with Crippen LogP contribution in [0.15, 0.2) is 47.4 Å². The van der Waals surface area contributed by atoms with Crippen LogP contribution < -0.4 is 5.32 Å². The molecular weight excluding hydrogens is 362 g/mol. The normalized spacial score (nSPS) is 11.6. The second kappa shape index (κ2) is 8.78. The molecule has 0 bridgehead atoms. The average Bonchev–Trinajstić information content (AvgIpc) is 2.61. The summed E-state index contributed by atoms with van der Waals surface area (Å²) in [4.78, 5) is 24.5. The van der Waals surface area contributed by atoms with Crippen LogP contribution in [0.1, 0.15) is 22.8 Å². The maximum Gasteiger partial charge on any atom is 0.339 e. The molecule has 25 heavy (non-hydrogen) atoms. The Morgan fingerprint density at radius 3 is 2.60 bits per heavy atom. The van der Waals surface area contributed by atoms with Crippen molar-refractivity contribution in [2.75, 3.05) is 17.7 Å². The molecule has 0 aromatic heterocycles. The quantitative estimate of drug-likeness (QED) is 0.779. The van der Waals surface area contributed by atoms with E-state index in [9.17, 15) is 13.8 Å². The Labute approximate surface area is 153 Å². The Morgan fingerprint density at radius 2 is 1.92 bits per heavy atom. The monoisotopic (exact) mass is 379 g/mol. The first-order valence-corrected chi connectivity index (χ1v) is 9.32. The Kier molecular flexibility index (Phi) is 6.73. The Hall–Kier alpha value is -2.18. The summed E-state index contributed by atoms with van der Waals surface area (Å²) in [6.07, 6.45) is 0. The fourth-order valence-electron chi connectivity index (χ4n) is 2.11. The summed E-state index contributed by atoms with van der Waals surface area (Å²) in [5.41, 5.74) is 1.61. The van der Waals surface area contributed by atoms with E-state index < -0.39 is 29.3 Å². The molecule has 7 heteroatoms. The molecule has 0 aliphatic carbocycles. The fraction of sp³-hybridized carbons (Fsp3) is 0.222. The van der Waals surface area contributed by atoms with Crippen LogP contribution >= 0.6 is 11.6 Å². The number of hydrogen-bond donors (Lipinski definition) is 1. The SMILES string of the molecule is CC[S@@](=O)c1ccccc1C(=O)OCC(=O)Nc1ccc(C)cc1Cl. The van der Waals surface area contributed by atoms with E-state index in [1.165, 1.54) is 6.07 Å². The zero-order chi connectivity index (χ0) is 18.4. The van der Waals surface area contributed by atoms with E-state index in [1.807, 2.05) is 13.0 Å². The molecular formula is C18H18ClNO4S. The van der Waals surface area contributed by atoms with Gasteiger partial charge in [0.05, 0.1) is 32.0 Å². The minimum absolute atomic E-state index is 0.198. The number of carbonyl (C=O) groups is 2. The number of nitrogens with one attached hydrogen (secondary N) is 1. The van der Waals surface area contributed by atoms with Gasteiger partial charge >= 0.3 is 5.97 Å². The third-order valence-electron chi connectivity index (χ3n) is 3.35. The van der Waals surface area contributed by atoms with Gasteiger partial charge < -0.3 is 10.1 Å². The maximum atomic E-state index is 12.2. The number of ether oxygens (including phenoxy) is 1. The summed E-state index contributed by atoms with van der Waals surface area (Å²) in [6, 6.07) is 11.7. The fourth-order valence-corrected chi connectivity index (χ4v) is 3.33. The van der Waals surface area contributed by atoms with Crippen molar-refractivity contribution in [1.82, 2.24) is 0 Å². The highest BCUT2D eigenvalue weighted by Gasteiger charge is 2.17. The molecule has 0 unspecified atom stereocenters. The van der Waals surface area contributed by atoms with Crippen molar-refractivity contribution in [2.24, 2.45) is 0 Å². The molecule has 0 spiro atoms. The van der Waals surface area contributed by atoms with Gasteiger partial charge in [0.1, 0.15) is 0 Å². The number of benzene rings is 2. The number of amides is 1. The smallest absolute Gasteiger partial charge is 0.339 e. The molecule has 2 aromatic carbocycles. The van der Waals surface area contributed by atoms with Gasteiger partial charge in [-0.1, -0.05) is 36.7 Å². The molecule has 1 N–H and O–H groups in total. The Bertz CT molecular complexity index is 822. The summed E-state index contributed by atoms with van der Waals surface area (Å²) in [5, 5.41) is 2.99. The van der Waals surface area contributed by atoms with E-state index in [0.29, 0.717) is 21.4 Å². The van der Waals surface area contributed by atoms with Crippen LogP contribution in [-0.4, -0.2) is 28.4 Å². The number of esters is 1. The number of halogens is 1. The standard InChI is InChI=1S/C18H18ClNO4S/c1-3-25(23)16-7-5-4-6-13(16)18(22)24-11-17(21)20-15-9-8-12(2)10-14(15)19/h4-10H,3,11H2,1-2H3,(H,20,21)/t25-/m1/s1. The van der Waals surface area contributed by atoms with Gasteiger partial charge in [-0.25, -0.2) is 4.79 Å². The Balaban J connectivity index is 2.00. The molecule has 132 valence electrons. The topological polar surface area (TPSA) is 72.5 Å². The summed E-state index contributed by atoms with van der Waals surface area (Å²) >= 11 is 6.05. The number of rotatable bonds is 6. The van der Waals surface area contributed by atoms with E-state index in [1.54, 1.807) is 37.3 Å². The van der Waals surface area contributed by atoms with E-state index in [-0.39, 0.29) is 5.56 Å². The van der Waals surface area contributed by atoms with Gasteiger partial charge in [-0.2, -0.15) is 0 Å². The van der Waals surface area contributed by atoms with Crippen LogP contribution in [0, 0.1) is 6.92 Å². The molecule has 2 aromatic rings. The van der Waals surface area contributed by atoms with Crippen molar-refractivity contribution in [3.63, 3.8) is 0 Å². The third-order valence-corrected chi connectivity index (χ3v) is 5.03. The molecule has 0 saturated heterocycles. The third kappa shape index (κ3) is 5.14. The van der Waals surface area contributed by atoms with Crippen LogP contribution in [-0.2, 0) is 20.3 Å². The molecule has 0 aliphatic heterocycles. The Morgan fingerprint density at radius 1 is 1.20 bits per heavy atom. The van der Waals surface area contributed by atoms with Crippen molar-refractivity contribution in [2.45, 2.75) is 18.7 Å². The molecule has 0 fully saturated rings. The molecule has 1 atom stereocenters. The van der Waals surface area contributed by atoms with E-state index in [0.717, 1.165) is 5.56 Å². The molecule has 0 radical (unpaired) electrons. The second-order valence-electron chi connectivity index (χ2n) is 5.24. The molecule has 0 heterocycles. The van der Waals surface area contributed by atoms with Gasteiger partial charge in [0, 0.05) is 5.75 Å². The summed E-state index contributed by atoms with van der Waals surface area (Å²) in [7, 11) is -1.29. The first-order valence-electron chi connectivity index (χ1n) is 7.63. The lowest BCUT2D eigenvalue weighted by Crippen LogP contribution is -2.21. The highest BCUT2D eigenvalue weighted by atomic mass is 35.5. The van der Waals surface area contributed by atoms with Crippen LogP contribution in [0.25, 0.3) is 0 Å². The van der Waals surface area contributed by atoms with E-state index >= 15 is 0 Å². The number of aryl methyl sites for hydroxylation is 1. The van der Waals surface area contributed by atoms with Crippen molar-refractivity contribution in [3.05, 3.63) is 58.6 Å².